The third-order valence-electron chi connectivity index (χ3n) is 3.55. The maximum atomic E-state index is 11.1. The third kappa shape index (κ3) is 30.9. The highest BCUT2D eigenvalue weighted by atomic mass is 32.3. The van der Waals surface area contributed by atoms with Crippen LogP contribution in [0.2, 0.25) is 0 Å². The van der Waals surface area contributed by atoms with Crippen molar-refractivity contribution in [3.63, 3.8) is 0 Å². The van der Waals surface area contributed by atoms with Gasteiger partial charge in [0, 0.05) is 5.57 Å². The Kier molecular flexibility index (Phi) is 15.9. The highest BCUT2D eigenvalue weighted by molar-refractivity contribution is 7.79. The lowest BCUT2D eigenvalue weighted by molar-refractivity contribution is -0.870. The van der Waals surface area contributed by atoms with Crippen molar-refractivity contribution >= 4 is 16.4 Å². The lowest BCUT2D eigenvalue weighted by Crippen LogP contribution is -2.35. The van der Waals surface area contributed by atoms with E-state index in [1.54, 1.807) is 6.92 Å². The minimum absolute atomic E-state index is 0.260. The molecule has 0 aliphatic heterocycles. The van der Waals surface area contributed by atoms with Crippen LogP contribution in [0.4, 0.5) is 0 Å². The molecule has 0 aromatic heterocycles. The van der Waals surface area contributed by atoms with Crippen LogP contribution in [0, 0.1) is 0 Å². The standard InChI is InChI=1S/C18H36NO2.H2O4S/c1-17(2)18(20)21-16-14-12-10-8-6-7-9-11-13-15-19(3,4)5;1-5(2,3)4/h1,6-16H2,2-5H3;(H2,1,2,3,4)/q+1;/p-1. The first kappa shape index (κ1) is 27.3. The molecular formula is C18H37NO6S. The first-order valence-corrected chi connectivity index (χ1v) is 10.5. The quantitative estimate of drug-likeness (QED) is 0.128. The van der Waals surface area contributed by atoms with Crippen molar-refractivity contribution in [2.24, 2.45) is 0 Å². The van der Waals surface area contributed by atoms with E-state index in [-0.39, 0.29) is 5.97 Å². The Bertz CT molecular complexity index is 474. The molecule has 0 radical (unpaired) electrons. The Balaban J connectivity index is 0. The fourth-order valence-electron chi connectivity index (χ4n) is 2.21. The molecule has 0 rings (SSSR count). The van der Waals surface area contributed by atoms with Crippen molar-refractivity contribution in [2.75, 3.05) is 34.3 Å². The van der Waals surface area contributed by atoms with E-state index in [2.05, 4.69) is 27.7 Å². The molecule has 0 aliphatic rings. The molecule has 0 fully saturated rings. The molecule has 0 aromatic carbocycles. The Morgan fingerprint density at radius 1 is 0.962 bits per heavy atom. The van der Waals surface area contributed by atoms with Gasteiger partial charge in [-0.25, -0.2) is 13.2 Å². The number of hydrogen-bond donors (Lipinski definition) is 1. The average molecular weight is 396 g/mol. The number of quaternary nitrogens is 1. The van der Waals surface area contributed by atoms with Crippen molar-refractivity contribution in [1.82, 2.24) is 0 Å². The molecule has 0 spiro atoms. The predicted octanol–water partition coefficient (Wildman–Crippen LogP) is 3.33. The van der Waals surface area contributed by atoms with Crippen molar-refractivity contribution in [3.05, 3.63) is 12.2 Å². The maximum Gasteiger partial charge on any atom is 0.333 e. The highest BCUT2D eigenvalue weighted by Gasteiger charge is 2.05. The molecular weight excluding hydrogens is 358 g/mol. The number of carbonyl (C=O) groups excluding carboxylic acids is 1. The summed E-state index contributed by atoms with van der Waals surface area (Å²) in [6, 6.07) is 0. The van der Waals surface area contributed by atoms with Crippen molar-refractivity contribution in [2.45, 2.75) is 64.7 Å². The summed E-state index contributed by atoms with van der Waals surface area (Å²) in [6.45, 7) is 7.07. The molecule has 8 heteroatoms. The number of hydrogen-bond acceptors (Lipinski definition) is 5. The Morgan fingerprint density at radius 2 is 1.31 bits per heavy atom. The summed E-state index contributed by atoms with van der Waals surface area (Å²) in [4.78, 5) is 11.1. The number of ether oxygens (including phenoxy) is 1. The fourth-order valence-corrected chi connectivity index (χ4v) is 2.21. The van der Waals surface area contributed by atoms with Gasteiger partial charge < -0.3 is 13.8 Å². The van der Waals surface area contributed by atoms with E-state index < -0.39 is 10.4 Å². The van der Waals surface area contributed by atoms with Crippen LogP contribution >= 0.6 is 0 Å². The summed E-state index contributed by atoms with van der Waals surface area (Å²) in [5.74, 6) is -0.260. The highest BCUT2D eigenvalue weighted by Crippen LogP contribution is 2.10. The topological polar surface area (TPSA) is 104 Å². The normalized spacial score (nSPS) is 11.5. The molecule has 7 nitrogen and oxygen atoms in total. The number of esters is 1. The molecule has 26 heavy (non-hydrogen) atoms. The fraction of sp³-hybridized carbons (Fsp3) is 0.833. The van der Waals surface area contributed by atoms with Crippen molar-refractivity contribution in [3.8, 4) is 0 Å². The molecule has 0 aromatic rings. The second-order valence-corrected chi connectivity index (χ2v) is 8.40. The molecule has 0 bridgehead atoms. The number of carbonyl (C=O) groups is 1. The van der Waals surface area contributed by atoms with E-state index in [4.69, 9.17) is 22.3 Å². The van der Waals surface area contributed by atoms with Gasteiger partial charge in [-0.3, -0.25) is 4.55 Å². The van der Waals surface area contributed by atoms with Gasteiger partial charge in [0.2, 0.25) is 10.4 Å². The molecule has 0 unspecified atom stereocenters. The molecule has 1 N–H and O–H groups in total. The summed E-state index contributed by atoms with van der Waals surface area (Å²) >= 11 is 0. The zero-order valence-corrected chi connectivity index (χ0v) is 17.6. The second kappa shape index (κ2) is 15.1. The van der Waals surface area contributed by atoms with Crippen LogP contribution < -0.4 is 0 Å². The molecule has 0 aliphatic carbocycles. The van der Waals surface area contributed by atoms with Crippen LogP contribution in [0.3, 0.4) is 0 Å². The Hall–Kier alpha value is -0.960. The summed E-state index contributed by atoms with van der Waals surface area (Å²) < 4.78 is 39.0. The van der Waals surface area contributed by atoms with E-state index in [0.717, 1.165) is 17.3 Å². The molecule has 156 valence electrons. The SMILES string of the molecule is C=C(C)C(=O)OCCCCCCCCCCC[N+](C)(C)C.O=S(=O)([O-])O. The summed E-state index contributed by atoms with van der Waals surface area (Å²) in [7, 11) is 1.86. The van der Waals surface area contributed by atoms with Crippen LogP contribution in [0.25, 0.3) is 0 Å². The van der Waals surface area contributed by atoms with E-state index in [9.17, 15) is 4.79 Å². The van der Waals surface area contributed by atoms with Gasteiger partial charge >= 0.3 is 5.97 Å². The van der Waals surface area contributed by atoms with Crippen LogP contribution in [0.15, 0.2) is 12.2 Å². The summed E-state index contributed by atoms with van der Waals surface area (Å²) in [5.41, 5.74) is 0.486. The van der Waals surface area contributed by atoms with Crippen LogP contribution in [0.5, 0.6) is 0 Å². The predicted molar refractivity (Wildman–Crippen MR) is 103 cm³/mol. The van der Waals surface area contributed by atoms with Crippen LogP contribution in [-0.2, 0) is 19.9 Å². The minimum atomic E-state index is -4.92. The van der Waals surface area contributed by atoms with Gasteiger partial charge in [-0.15, -0.1) is 0 Å². The molecule has 0 atom stereocenters. The van der Waals surface area contributed by atoms with Crippen molar-refractivity contribution < 1.29 is 31.5 Å². The van der Waals surface area contributed by atoms with Gasteiger partial charge in [-0.05, 0) is 26.2 Å². The average Bonchev–Trinajstić information content (AvgIpc) is 2.45. The van der Waals surface area contributed by atoms with E-state index >= 15 is 0 Å². The van der Waals surface area contributed by atoms with Crippen LogP contribution in [-0.4, -0.2) is 62.3 Å². The van der Waals surface area contributed by atoms with Gasteiger partial charge in [-0.1, -0.05) is 45.1 Å². The van der Waals surface area contributed by atoms with Gasteiger partial charge in [0.1, 0.15) is 0 Å². The number of rotatable bonds is 13. The number of unbranched alkanes of at least 4 members (excludes halogenated alkanes) is 8. The molecule has 0 amide bonds. The Labute approximate surface area is 159 Å². The zero-order valence-electron chi connectivity index (χ0n) is 16.8. The van der Waals surface area contributed by atoms with Crippen molar-refractivity contribution in [1.29, 1.82) is 0 Å². The summed E-state index contributed by atoms with van der Waals surface area (Å²) in [5, 5.41) is 0. The second-order valence-electron chi connectivity index (χ2n) is 7.54. The first-order valence-electron chi connectivity index (χ1n) is 9.14. The lowest BCUT2D eigenvalue weighted by atomic mass is 10.1. The van der Waals surface area contributed by atoms with Gasteiger partial charge in [-0.2, -0.15) is 0 Å². The third-order valence-corrected chi connectivity index (χ3v) is 3.55. The largest absolute Gasteiger partial charge is 0.726 e. The Morgan fingerprint density at radius 3 is 1.65 bits per heavy atom. The zero-order chi connectivity index (χ0) is 20.6. The van der Waals surface area contributed by atoms with E-state index in [1.165, 1.54) is 51.5 Å². The van der Waals surface area contributed by atoms with Gasteiger partial charge in [0.25, 0.3) is 0 Å². The monoisotopic (exact) mass is 395 g/mol. The lowest BCUT2D eigenvalue weighted by Gasteiger charge is -2.23. The first-order chi connectivity index (χ1) is 11.8. The molecule has 0 saturated carbocycles. The molecule has 0 heterocycles. The minimum Gasteiger partial charge on any atom is -0.726 e. The van der Waals surface area contributed by atoms with Gasteiger partial charge in [0.05, 0.1) is 34.3 Å². The van der Waals surface area contributed by atoms with Gasteiger partial charge in [0.15, 0.2) is 0 Å². The maximum absolute atomic E-state index is 11.1. The molecule has 0 saturated heterocycles. The van der Waals surface area contributed by atoms with E-state index in [0.29, 0.717) is 12.2 Å². The van der Waals surface area contributed by atoms with Crippen LogP contribution in [0.1, 0.15) is 64.7 Å². The summed E-state index contributed by atoms with van der Waals surface area (Å²) in [6.07, 6.45) is 11.5. The number of nitrogens with zero attached hydrogens (tertiary/aromatic N) is 1. The smallest absolute Gasteiger partial charge is 0.333 e. The van der Waals surface area contributed by atoms with E-state index in [1.807, 2.05) is 0 Å².